The minimum Gasteiger partial charge on any atom is -0.324 e. The molecule has 2 nitrogen and oxygen atoms in total. The highest BCUT2D eigenvalue weighted by Gasteiger charge is 2.15. The fraction of sp³-hybridized carbons (Fsp3) is 0.308. The Kier molecular flexibility index (Phi) is 4.14. The largest absolute Gasteiger partial charge is 0.324 e. The van der Waals surface area contributed by atoms with E-state index < -0.39 is 0 Å². The quantitative estimate of drug-likeness (QED) is 0.927. The number of halogens is 2. The van der Waals surface area contributed by atoms with E-state index in [9.17, 15) is 4.39 Å². The maximum absolute atomic E-state index is 13.7. The molecule has 1 atom stereocenters. The third-order valence-electron chi connectivity index (χ3n) is 2.82. The second-order valence-corrected chi connectivity index (χ2v) is 6.43. The molecule has 2 aromatic rings. The monoisotopic (exact) mass is 328 g/mol. The summed E-state index contributed by atoms with van der Waals surface area (Å²) in [5, 5.41) is 0.955. The zero-order valence-electron chi connectivity index (χ0n) is 10.2. The van der Waals surface area contributed by atoms with Gasteiger partial charge in [0.15, 0.2) is 0 Å². The molecule has 0 saturated carbocycles. The van der Waals surface area contributed by atoms with E-state index in [1.165, 1.54) is 10.9 Å². The van der Waals surface area contributed by atoms with Crippen LogP contribution in [0.15, 0.2) is 22.7 Å². The first-order valence-electron chi connectivity index (χ1n) is 5.61. The maximum atomic E-state index is 13.7. The second kappa shape index (κ2) is 5.47. The van der Waals surface area contributed by atoms with Gasteiger partial charge in [0.05, 0.1) is 10.7 Å². The van der Waals surface area contributed by atoms with Gasteiger partial charge in [-0.2, -0.15) is 0 Å². The molecule has 0 spiro atoms. The summed E-state index contributed by atoms with van der Waals surface area (Å²) in [5.41, 5.74) is 7.61. The van der Waals surface area contributed by atoms with E-state index >= 15 is 0 Å². The lowest BCUT2D eigenvalue weighted by Gasteiger charge is -2.11. The molecule has 0 bridgehead atoms. The molecule has 1 aromatic heterocycles. The lowest BCUT2D eigenvalue weighted by molar-refractivity contribution is 0.579. The van der Waals surface area contributed by atoms with Crippen molar-refractivity contribution in [2.45, 2.75) is 26.3 Å². The van der Waals surface area contributed by atoms with Crippen molar-refractivity contribution in [3.8, 4) is 0 Å². The van der Waals surface area contributed by atoms with Crippen LogP contribution >= 0.6 is 27.3 Å². The molecule has 0 amide bonds. The van der Waals surface area contributed by atoms with Crippen LogP contribution in [0.3, 0.4) is 0 Å². The van der Waals surface area contributed by atoms with Crippen LogP contribution in [0, 0.1) is 19.7 Å². The second-order valence-electron chi connectivity index (χ2n) is 4.23. The standard InChI is InChI=1S/C13H14BrFN2S/c1-7-8(2)18-13(17-7)6-12(16)10-5-9(14)3-4-11(10)15/h3-5,12H,6,16H2,1-2H3. The molecule has 0 radical (unpaired) electrons. The van der Waals surface area contributed by atoms with Gasteiger partial charge in [-0.05, 0) is 32.0 Å². The first-order valence-corrected chi connectivity index (χ1v) is 7.21. The molecule has 0 aliphatic heterocycles. The molecule has 0 fully saturated rings. The Balaban J connectivity index is 2.21. The lowest BCUT2D eigenvalue weighted by Crippen LogP contribution is -2.15. The van der Waals surface area contributed by atoms with Crippen LogP contribution in [0.1, 0.15) is 27.2 Å². The van der Waals surface area contributed by atoms with Gasteiger partial charge in [-0.15, -0.1) is 11.3 Å². The molecule has 1 aromatic carbocycles. The zero-order valence-corrected chi connectivity index (χ0v) is 12.6. The summed E-state index contributed by atoms with van der Waals surface area (Å²) in [6, 6.07) is 4.46. The van der Waals surface area contributed by atoms with Crippen molar-refractivity contribution in [2.24, 2.45) is 5.73 Å². The number of hydrogen-bond donors (Lipinski definition) is 1. The van der Waals surface area contributed by atoms with Gasteiger partial charge in [0.25, 0.3) is 0 Å². The topological polar surface area (TPSA) is 38.9 Å². The van der Waals surface area contributed by atoms with Crippen LogP contribution in [0.5, 0.6) is 0 Å². The Morgan fingerprint density at radius 3 is 2.78 bits per heavy atom. The average molecular weight is 329 g/mol. The highest BCUT2D eigenvalue weighted by Crippen LogP contribution is 2.25. The zero-order chi connectivity index (χ0) is 13.3. The molecular formula is C13H14BrFN2S. The normalized spacial score (nSPS) is 12.7. The predicted octanol–water partition coefficient (Wildman–Crippen LogP) is 3.90. The summed E-state index contributed by atoms with van der Waals surface area (Å²) in [5.74, 6) is -0.268. The molecule has 18 heavy (non-hydrogen) atoms. The van der Waals surface area contributed by atoms with E-state index in [1.54, 1.807) is 23.5 Å². The number of benzene rings is 1. The van der Waals surface area contributed by atoms with Crippen LogP contribution in [0.25, 0.3) is 0 Å². The number of nitrogens with zero attached hydrogens (tertiary/aromatic N) is 1. The molecule has 0 aliphatic rings. The molecule has 2 rings (SSSR count). The maximum Gasteiger partial charge on any atom is 0.128 e. The Bertz CT molecular complexity index is 549. The predicted molar refractivity (Wildman–Crippen MR) is 76.3 cm³/mol. The van der Waals surface area contributed by atoms with E-state index in [0.717, 1.165) is 15.2 Å². The number of thiazole rings is 1. The minimum atomic E-state index is -0.368. The SMILES string of the molecule is Cc1nc(CC(N)c2cc(Br)ccc2F)sc1C. The van der Waals surface area contributed by atoms with E-state index in [-0.39, 0.29) is 11.9 Å². The first-order chi connectivity index (χ1) is 8.47. The summed E-state index contributed by atoms with van der Waals surface area (Å²) in [6.07, 6.45) is 0.562. The smallest absolute Gasteiger partial charge is 0.128 e. The van der Waals surface area contributed by atoms with Gasteiger partial charge in [-0.3, -0.25) is 0 Å². The van der Waals surface area contributed by atoms with Crippen molar-refractivity contribution >= 4 is 27.3 Å². The van der Waals surface area contributed by atoms with Crippen molar-refractivity contribution in [1.82, 2.24) is 4.98 Å². The van der Waals surface area contributed by atoms with E-state index in [0.29, 0.717) is 12.0 Å². The van der Waals surface area contributed by atoms with Gasteiger partial charge >= 0.3 is 0 Å². The van der Waals surface area contributed by atoms with Crippen molar-refractivity contribution < 1.29 is 4.39 Å². The van der Waals surface area contributed by atoms with Crippen molar-refractivity contribution in [2.75, 3.05) is 0 Å². The van der Waals surface area contributed by atoms with E-state index in [2.05, 4.69) is 20.9 Å². The molecule has 96 valence electrons. The molecule has 1 heterocycles. The first kappa shape index (κ1) is 13.6. The lowest BCUT2D eigenvalue weighted by atomic mass is 10.0. The van der Waals surface area contributed by atoms with Crippen LogP contribution in [-0.4, -0.2) is 4.98 Å². The van der Waals surface area contributed by atoms with Gasteiger partial charge in [0.2, 0.25) is 0 Å². The number of aromatic nitrogens is 1. The van der Waals surface area contributed by atoms with Crippen LogP contribution in [0.2, 0.25) is 0 Å². The molecule has 0 aliphatic carbocycles. The van der Waals surface area contributed by atoms with Crippen LogP contribution in [-0.2, 0) is 6.42 Å². The molecule has 1 unspecified atom stereocenters. The molecule has 5 heteroatoms. The van der Waals surface area contributed by atoms with Crippen LogP contribution < -0.4 is 5.73 Å². The highest BCUT2D eigenvalue weighted by atomic mass is 79.9. The highest BCUT2D eigenvalue weighted by molar-refractivity contribution is 9.10. The van der Waals surface area contributed by atoms with Crippen molar-refractivity contribution in [3.05, 3.63) is 49.6 Å². The summed E-state index contributed by atoms with van der Waals surface area (Å²) in [4.78, 5) is 5.62. The van der Waals surface area contributed by atoms with Gasteiger partial charge in [0, 0.05) is 27.4 Å². The number of hydrogen-bond acceptors (Lipinski definition) is 3. The summed E-state index contributed by atoms with van der Waals surface area (Å²) in [6.45, 7) is 4.00. The molecular weight excluding hydrogens is 315 g/mol. The van der Waals surface area contributed by atoms with Crippen molar-refractivity contribution in [3.63, 3.8) is 0 Å². The number of aryl methyl sites for hydroxylation is 2. The minimum absolute atomic E-state index is 0.268. The van der Waals surface area contributed by atoms with Crippen LogP contribution in [0.4, 0.5) is 4.39 Å². The fourth-order valence-electron chi connectivity index (χ4n) is 1.72. The third-order valence-corrected chi connectivity index (χ3v) is 4.41. The van der Waals surface area contributed by atoms with Gasteiger partial charge in [-0.1, -0.05) is 15.9 Å². The Morgan fingerprint density at radius 2 is 2.17 bits per heavy atom. The van der Waals surface area contributed by atoms with E-state index in [4.69, 9.17) is 5.73 Å². The third kappa shape index (κ3) is 2.96. The summed E-state index contributed by atoms with van der Waals surface area (Å²) < 4.78 is 14.5. The average Bonchev–Trinajstić information content (AvgIpc) is 2.61. The van der Waals surface area contributed by atoms with Gasteiger partial charge in [0.1, 0.15) is 5.82 Å². The number of nitrogens with two attached hydrogens (primary N) is 1. The van der Waals surface area contributed by atoms with Crippen molar-refractivity contribution in [1.29, 1.82) is 0 Å². The fourth-order valence-corrected chi connectivity index (χ4v) is 3.09. The summed E-state index contributed by atoms with van der Waals surface area (Å²) >= 11 is 4.95. The Hall–Kier alpha value is -0.780. The Labute approximate surface area is 118 Å². The van der Waals surface area contributed by atoms with Gasteiger partial charge in [-0.25, -0.2) is 9.37 Å². The van der Waals surface area contributed by atoms with Gasteiger partial charge < -0.3 is 5.73 Å². The Morgan fingerprint density at radius 1 is 1.44 bits per heavy atom. The number of rotatable bonds is 3. The molecule has 0 saturated heterocycles. The van der Waals surface area contributed by atoms with E-state index in [1.807, 2.05) is 13.8 Å². The molecule has 2 N–H and O–H groups in total. The summed E-state index contributed by atoms with van der Waals surface area (Å²) in [7, 11) is 0.